The van der Waals surface area contributed by atoms with Gasteiger partial charge in [0.05, 0.1) is 20.8 Å². The van der Waals surface area contributed by atoms with Crippen molar-refractivity contribution in [2.24, 2.45) is 0 Å². The summed E-state index contributed by atoms with van der Waals surface area (Å²) in [5, 5.41) is 8.82. The van der Waals surface area contributed by atoms with Crippen molar-refractivity contribution in [2.45, 2.75) is 17.4 Å². The second-order valence-corrected chi connectivity index (χ2v) is 6.69. The summed E-state index contributed by atoms with van der Waals surface area (Å²) in [6.07, 6.45) is 0.911. The molecule has 7 heteroatoms. The van der Waals surface area contributed by atoms with Crippen LogP contribution < -0.4 is 14.2 Å². The number of ether oxygens (including phenoxy) is 3. The molecule has 0 fully saturated rings. The lowest BCUT2D eigenvalue weighted by Crippen LogP contribution is -1.92. The van der Waals surface area contributed by atoms with E-state index in [1.807, 2.05) is 30.3 Å². The fraction of sp³-hybridized carbons (Fsp3) is 0.263. The first kappa shape index (κ1) is 16.8. The summed E-state index contributed by atoms with van der Waals surface area (Å²) in [6.45, 7) is 0.728. The highest BCUT2D eigenvalue weighted by molar-refractivity contribution is 7.98. The molecule has 2 heterocycles. The molecule has 0 unspecified atom stereocenters. The molecule has 134 valence electrons. The number of benzene rings is 2. The number of thioether (sulfide) groups is 1. The molecule has 0 saturated carbocycles. The number of rotatable bonds is 6. The van der Waals surface area contributed by atoms with E-state index >= 15 is 0 Å². The van der Waals surface area contributed by atoms with Gasteiger partial charge in [-0.05, 0) is 42.0 Å². The molecule has 26 heavy (non-hydrogen) atoms. The van der Waals surface area contributed by atoms with E-state index in [4.69, 9.17) is 18.6 Å². The van der Waals surface area contributed by atoms with Crippen LogP contribution in [0.3, 0.4) is 0 Å². The van der Waals surface area contributed by atoms with Crippen LogP contribution in [0.4, 0.5) is 0 Å². The largest absolute Gasteiger partial charge is 0.497 e. The van der Waals surface area contributed by atoms with Crippen molar-refractivity contribution in [3.63, 3.8) is 0 Å². The summed E-state index contributed by atoms with van der Waals surface area (Å²) in [6, 6.07) is 11.7. The minimum Gasteiger partial charge on any atom is -0.497 e. The molecule has 0 spiro atoms. The third-order valence-corrected chi connectivity index (χ3v) is 5.05. The van der Waals surface area contributed by atoms with E-state index < -0.39 is 0 Å². The van der Waals surface area contributed by atoms with Gasteiger partial charge in [0.25, 0.3) is 5.22 Å². The minimum absolute atomic E-state index is 0.514. The van der Waals surface area contributed by atoms with Crippen LogP contribution in [0.1, 0.15) is 11.1 Å². The van der Waals surface area contributed by atoms with Crippen molar-refractivity contribution in [1.29, 1.82) is 0 Å². The van der Waals surface area contributed by atoms with Gasteiger partial charge >= 0.3 is 0 Å². The molecule has 0 radical (unpaired) electrons. The molecule has 1 aromatic heterocycles. The minimum atomic E-state index is 0.514. The van der Waals surface area contributed by atoms with Crippen molar-refractivity contribution in [3.05, 3.63) is 47.5 Å². The van der Waals surface area contributed by atoms with E-state index in [2.05, 4.69) is 16.3 Å². The Balaban J connectivity index is 1.49. The third-order valence-electron chi connectivity index (χ3n) is 4.18. The fourth-order valence-electron chi connectivity index (χ4n) is 2.84. The van der Waals surface area contributed by atoms with Gasteiger partial charge in [-0.3, -0.25) is 0 Å². The number of aromatic nitrogens is 2. The van der Waals surface area contributed by atoms with Gasteiger partial charge in [-0.1, -0.05) is 11.8 Å². The molecule has 0 aliphatic carbocycles. The Morgan fingerprint density at radius 1 is 1.08 bits per heavy atom. The Labute approximate surface area is 155 Å². The highest BCUT2D eigenvalue weighted by Gasteiger charge is 2.16. The van der Waals surface area contributed by atoms with Gasteiger partial charge in [-0.2, -0.15) is 0 Å². The Kier molecular flexibility index (Phi) is 4.71. The van der Waals surface area contributed by atoms with Gasteiger partial charge in [0.15, 0.2) is 0 Å². The van der Waals surface area contributed by atoms with E-state index in [9.17, 15) is 0 Å². The van der Waals surface area contributed by atoms with Crippen molar-refractivity contribution in [2.75, 3.05) is 20.8 Å². The van der Waals surface area contributed by atoms with Gasteiger partial charge in [0, 0.05) is 23.3 Å². The quantitative estimate of drug-likeness (QED) is 0.608. The predicted octanol–water partition coefficient (Wildman–Crippen LogP) is 3.98. The normalized spacial score (nSPS) is 12.5. The Hall–Kier alpha value is -2.67. The molecule has 0 saturated heterocycles. The molecular weight excluding hydrogens is 352 g/mol. The molecule has 2 aromatic carbocycles. The molecule has 3 aromatic rings. The zero-order valence-corrected chi connectivity index (χ0v) is 15.3. The Morgan fingerprint density at radius 3 is 2.85 bits per heavy atom. The van der Waals surface area contributed by atoms with Gasteiger partial charge in [0.1, 0.15) is 17.2 Å². The zero-order valence-electron chi connectivity index (χ0n) is 14.5. The van der Waals surface area contributed by atoms with Crippen LogP contribution in [0.5, 0.6) is 17.2 Å². The molecule has 0 amide bonds. The average molecular weight is 370 g/mol. The van der Waals surface area contributed by atoms with Crippen LogP contribution >= 0.6 is 11.8 Å². The van der Waals surface area contributed by atoms with Crippen LogP contribution in [-0.4, -0.2) is 31.0 Å². The van der Waals surface area contributed by atoms with E-state index in [1.165, 1.54) is 17.3 Å². The molecule has 6 nitrogen and oxygen atoms in total. The molecule has 0 N–H and O–H groups in total. The summed E-state index contributed by atoms with van der Waals surface area (Å²) in [7, 11) is 3.29. The molecular formula is C19H18N2O4S. The van der Waals surface area contributed by atoms with Crippen LogP contribution in [0.15, 0.2) is 46.0 Å². The van der Waals surface area contributed by atoms with Crippen LogP contribution in [0.25, 0.3) is 11.5 Å². The molecule has 1 aliphatic heterocycles. The van der Waals surface area contributed by atoms with Gasteiger partial charge in [-0.15, -0.1) is 10.2 Å². The Morgan fingerprint density at radius 2 is 2.00 bits per heavy atom. The van der Waals surface area contributed by atoms with Gasteiger partial charge < -0.3 is 18.6 Å². The maximum Gasteiger partial charge on any atom is 0.277 e. The number of fused-ring (bicyclic) bond motifs is 1. The number of nitrogens with zero attached hydrogens (tertiary/aromatic N) is 2. The average Bonchev–Trinajstić information content (AvgIpc) is 3.34. The number of methoxy groups -OCH3 is 2. The van der Waals surface area contributed by atoms with E-state index in [1.54, 1.807) is 14.2 Å². The first-order chi connectivity index (χ1) is 12.8. The molecule has 0 bridgehead atoms. The molecule has 4 rings (SSSR count). The second kappa shape index (κ2) is 7.29. The standard InChI is InChI=1S/C19H18N2O4S/c1-22-15-4-6-16(23-2)14(10-15)11-26-19-21-20-18(25-19)13-3-5-17-12(9-13)7-8-24-17/h3-6,9-10H,7-8,11H2,1-2H3. The second-order valence-electron chi connectivity index (χ2n) is 5.76. The lowest BCUT2D eigenvalue weighted by atomic mass is 10.1. The highest BCUT2D eigenvalue weighted by atomic mass is 32.2. The van der Waals surface area contributed by atoms with Gasteiger partial charge in [0.2, 0.25) is 5.89 Å². The monoisotopic (exact) mass is 370 g/mol. The van der Waals surface area contributed by atoms with Crippen molar-refractivity contribution < 1.29 is 18.6 Å². The maximum absolute atomic E-state index is 5.81. The van der Waals surface area contributed by atoms with Crippen LogP contribution in [0.2, 0.25) is 0 Å². The van der Waals surface area contributed by atoms with Crippen LogP contribution in [0, 0.1) is 0 Å². The zero-order chi connectivity index (χ0) is 17.9. The first-order valence-electron chi connectivity index (χ1n) is 8.20. The SMILES string of the molecule is COc1ccc(OC)c(CSc2nnc(-c3ccc4c(c3)CCO4)o2)c1. The summed E-state index contributed by atoms with van der Waals surface area (Å²) >= 11 is 1.46. The smallest absolute Gasteiger partial charge is 0.277 e. The highest BCUT2D eigenvalue weighted by Crippen LogP contribution is 2.33. The summed E-state index contributed by atoms with van der Waals surface area (Å²) in [5.74, 6) is 3.68. The maximum atomic E-state index is 5.81. The summed E-state index contributed by atoms with van der Waals surface area (Å²) in [5.41, 5.74) is 3.09. The lowest BCUT2D eigenvalue weighted by Gasteiger charge is -2.09. The van der Waals surface area contributed by atoms with E-state index in [0.29, 0.717) is 16.9 Å². The van der Waals surface area contributed by atoms with Gasteiger partial charge in [-0.25, -0.2) is 0 Å². The first-order valence-corrected chi connectivity index (χ1v) is 9.18. The van der Waals surface area contributed by atoms with E-state index in [-0.39, 0.29) is 0 Å². The summed E-state index contributed by atoms with van der Waals surface area (Å²) in [4.78, 5) is 0. The van der Waals surface area contributed by atoms with Crippen molar-refractivity contribution >= 4 is 11.8 Å². The van der Waals surface area contributed by atoms with Crippen molar-refractivity contribution in [1.82, 2.24) is 10.2 Å². The van der Waals surface area contributed by atoms with E-state index in [0.717, 1.165) is 41.4 Å². The Bertz CT molecular complexity index is 926. The summed E-state index contributed by atoms with van der Waals surface area (Å²) < 4.78 is 22.0. The predicted molar refractivity (Wildman–Crippen MR) is 98.0 cm³/mol. The third kappa shape index (κ3) is 3.35. The molecule has 0 atom stereocenters. The fourth-order valence-corrected chi connectivity index (χ4v) is 3.58. The lowest BCUT2D eigenvalue weighted by molar-refractivity contribution is 0.357. The van der Waals surface area contributed by atoms with Crippen LogP contribution in [-0.2, 0) is 12.2 Å². The molecule has 1 aliphatic rings. The van der Waals surface area contributed by atoms with Crippen molar-refractivity contribution in [3.8, 4) is 28.7 Å². The number of hydrogen-bond acceptors (Lipinski definition) is 7. The number of hydrogen-bond donors (Lipinski definition) is 0. The topological polar surface area (TPSA) is 66.6 Å².